The van der Waals surface area contributed by atoms with E-state index in [0.717, 1.165) is 12.1 Å². The minimum Gasteiger partial charge on any atom is -0.486 e. The fourth-order valence-electron chi connectivity index (χ4n) is 3.80. The highest BCUT2D eigenvalue weighted by atomic mass is 19.4. The molecule has 0 bridgehead atoms. The highest BCUT2D eigenvalue weighted by Crippen LogP contribution is 2.39. The maximum absolute atomic E-state index is 13.3. The Morgan fingerprint density at radius 2 is 1.91 bits per heavy atom. The van der Waals surface area contributed by atoms with Crippen LogP contribution in [0.5, 0.6) is 11.5 Å². The van der Waals surface area contributed by atoms with Crippen molar-refractivity contribution in [1.29, 1.82) is 5.26 Å². The van der Waals surface area contributed by atoms with E-state index in [4.69, 9.17) is 10.00 Å². The van der Waals surface area contributed by atoms with Crippen LogP contribution < -0.4 is 9.47 Å². The molecule has 0 aromatic heterocycles. The van der Waals surface area contributed by atoms with Crippen molar-refractivity contribution in [2.45, 2.75) is 45.5 Å². The largest absolute Gasteiger partial charge is 0.486 e. The van der Waals surface area contributed by atoms with Crippen LogP contribution in [-0.4, -0.2) is 35.5 Å². The lowest BCUT2D eigenvalue weighted by molar-refractivity contribution is -0.138. The molecule has 10 heteroatoms. The molecule has 1 fully saturated rings. The number of alkyl halides is 5. The summed E-state index contributed by atoms with van der Waals surface area (Å²) in [5.41, 5.74) is -1.68. The highest BCUT2D eigenvalue weighted by Gasteiger charge is 2.48. The second kappa shape index (κ2) is 8.92. The third-order valence-corrected chi connectivity index (χ3v) is 5.21. The van der Waals surface area contributed by atoms with Gasteiger partial charge in [-0.2, -0.15) is 27.2 Å². The number of likely N-dealkylation sites (tertiary alicyclic amines) is 1. The molecule has 1 aliphatic rings. The summed E-state index contributed by atoms with van der Waals surface area (Å²) in [7, 11) is 0. The summed E-state index contributed by atoms with van der Waals surface area (Å²) in [5, 5.41) is 19.8. The van der Waals surface area contributed by atoms with E-state index in [-0.39, 0.29) is 18.0 Å². The molecule has 3 rings (SSSR count). The number of aliphatic hydroxyl groups excluding tert-OH is 1. The summed E-state index contributed by atoms with van der Waals surface area (Å²) in [6.07, 6.45) is -6.78. The van der Waals surface area contributed by atoms with Crippen molar-refractivity contribution in [3.63, 3.8) is 0 Å². The smallest absolute Gasteiger partial charge is 0.417 e. The summed E-state index contributed by atoms with van der Waals surface area (Å²) in [6, 6.07) is 10.6. The number of ether oxygens (including phenoxy) is 2. The highest BCUT2D eigenvalue weighted by molar-refractivity contribution is 5.44. The van der Waals surface area contributed by atoms with Crippen LogP contribution in [0.1, 0.15) is 30.5 Å². The van der Waals surface area contributed by atoms with Gasteiger partial charge in [0.2, 0.25) is 0 Å². The van der Waals surface area contributed by atoms with Gasteiger partial charge >= 0.3 is 12.8 Å². The van der Waals surface area contributed by atoms with Gasteiger partial charge in [-0.15, -0.1) is 0 Å². The lowest BCUT2D eigenvalue weighted by Crippen LogP contribution is -2.40. The molecule has 0 radical (unpaired) electrons. The van der Waals surface area contributed by atoms with Crippen LogP contribution in [0, 0.1) is 16.7 Å². The van der Waals surface area contributed by atoms with Gasteiger partial charge in [0.25, 0.3) is 0 Å². The van der Waals surface area contributed by atoms with E-state index in [1.54, 1.807) is 30.9 Å². The molecule has 0 amide bonds. The number of halogens is 5. The molecule has 32 heavy (non-hydrogen) atoms. The van der Waals surface area contributed by atoms with Gasteiger partial charge in [-0.3, -0.25) is 4.90 Å². The zero-order chi connectivity index (χ0) is 23.7. The summed E-state index contributed by atoms with van der Waals surface area (Å²) in [5.74, 6) is -0.141. The molecular weight excluding hydrogens is 435 g/mol. The van der Waals surface area contributed by atoms with Crippen LogP contribution in [0.15, 0.2) is 42.5 Å². The molecule has 0 saturated carbocycles. The number of nitriles is 1. The number of nitrogens with zero attached hydrogens (tertiary/aromatic N) is 2. The standard InChI is InChI=1S/C22H21F5N2O3/c1-21(2)12-29(11-13-4-3-5-15(8-13)32-20(23)24)19(30)18(21)31-16-7-6-14(10-28)17(9-16)22(25,26)27/h3-9,18-20,30H,11-12H2,1-2H3/t18?,19-/m1/s1. The molecule has 5 nitrogen and oxygen atoms in total. The van der Waals surface area contributed by atoms with Crippen LogP contribution in [0.25, 0.3) is 0 Å². The Hall–Kier alpha value is -2.90. The summed E-state index contributed by atoms with van der Waals surface area (Å²) >= 11 is 0. The van der Waals surface area contributed by atoms with Gasteiger partial charge in [0.1, 0.15) is 23.8 Å². The average Bonchev–Trinajstić information content (AvgIpc) is 2.89. The summed E-state index contributed by atoms with van der Waals surface area (Å²) < 4.78 is 74.8. The Morgan fingerprint density at radius 3 is 2.53 bits per heavy atom. The van der Waals surface area contributed by atoms with Gasteiger partial charge in [0.15, 0.2) is 0 Å². The first kappa shape index (κ1) is 23.8. The van der Waals surface area contributed by atoms with E-state index < -0.39 is 41.7 Å². The maximum atomic E-state index is 13.3. The third-order valence-electron chi connectivity index (χ3n) is 5.21. The average molecular weight is 456 g/mol. The van der Waals surface area contributed by atoms with Crippen LogP contribution in [0.4, 0.5) is 22.0 Å². The van der Waals surface area contributed by atoms with E-state index in [0.29, 0.717) is 12.1 Å². The second-order valence-corrected chi connectivity index (χ2v) is 8.19. The minimum absolute atomic E-state index is 0.0180. The lowest BCUT2D eigenvalue weighted by Gasteiger charge is -2.28. The molecule has 2 atom stereocenters. The number of hydrogen-bond acceptors (Lipinski definition) is 5. The van der Waals surface area contributed by atoms with Crippen LogP contribution >= 0.6 is 0 Å². The predicted molar refractivity (Wildman–Crippen MR) is 104 cm³/mol. The first-order valence-corrected chi connectivity index (χ1v) is 9.64. The number of aliphatic hydroxyl groups is 1. The number of hydrogen-bond donors (Lipinski definition) is 1. The van der Waals surface area contributed by atoms with E-state index >= 15 is 0 Å². The Labute approximate surface area is 181 Å². The Kier molecular flexibility index (Phi) is 6.62. The fourth-order valence-corrected chi connectivity index (χ4v) is 3.80. The number of rotatable bonds is 6. The normalized spacial score (nSPS) is 20.9. The molecule has 172 valence electrons. The first-order chi connectivity index (χ1) is 14.9. The van der Waals surface area contributed by atoms with Crippen molar-refractivity contribution in [1.82, 2.24) is 4.90 Å². The SMILES string of the molecule is CC1(C)CN(Cc2cccc(OC(F)F)c2)[C@H](O)C1Oc1ccc(C#N)c(C(F)(F)F)c1. The first-order valence-electron chi connectivity index (χ1n) is 9.64. The molecule has 1 N–H and O–H groups in total. The third kappa shape index (κ3) is 5.29. The summed E-state index contributed by atoms with van der Waals surface area (Å²) in [6.45, 7) is 1.15. The van der Waals surface area contributed by atoms with Gasteiger partial charge in [-0.1, -0.05) is 26.0 Å². The van der Waals surface area contributed by atoms with Crippen molar-refractivity contribution in [2.75, 3.05) is 6.54 Å². The van der Waals surface area contributed by atoms with Gasteiger partial charge in [0.05, 0.1) is 17.2 Å². The molecule has 2 aromatic rings. The van der Waals surface area contributed by atoms with Crippen LogP contribution in [0.3, 0.4) is 0 Å². The zero-order valence-electron chi connectivity index (χ0n) is 17.2. The topological polar surface area (TPSA) is 65.7 Å². The molecular formula is C22H21F5N2O3. The van der Waals surface area contributed by atoms with Gasteiger partial charge in [0, 0.05) is 18.5 Å². The molecule has 0 spiro atoms. The van der Waals surface area contributed by atoms with Crippen molar-refractivity contribution in [3.8, 4) is 17.6 Å². The Bertz CT molecular complexity index is 1000. The quantitative estimate of drug-likeness (QED) is 0.634. The maximum Gasteiger partial charge on any atom is 0.417 e. The molecule has 1 unspecified atom stereocenters. The minimum atomic E-state index is -4.73. The summed E-state index contributed by atoms with van der Waals surface area (Å²) in [4.78, 5) is 1.64. The van der Waals surface area contributed by atoms with Crippen LogP contribution in [0.2, 0.25) is 0 Å². The van der Waals surface area contributed by atoms with E-state index in [9.17, 15) is 27.1 Å². The van der Waals surface area contributed by atoms with Gasteiger partial charge in [-0.05, 0) is 35.9 Å². The molecule has 1 aliphatic heterocycles. The Balaban J connectivity index is 1.79. The van der Waals surface area contributed by atoms with Crippen molar-refractivity contribution in [2.24, 2.45) is 5.41 Å². The van der Waals surface area contributed by atoms with Crippen molar-refractivity contribution in [3.05, 3.63) is 59.2 Å². The molecule has 0 aliphatic carbocycles. The molecule has 1 heterocycles. The van der Waals surface area contributed by atoms with Crippen LogP contribution in [-0.2, 0) is 12.7 Å². The second-order valence-electron chi connectivity index (χ2n) is 8.19. The zero-order valence-corrected chi connectivity index (χ0v) is 17.2. The number of benzene rings is 2. The molecule has 1 saturated heterocycles. The van der Waals surface area contributed by atoms with Crippen molar-refractivity contribution >= 4 is 0 Å². The monoisotopic (exact) mass is 456 g/mol. The van der Waals surface area contributed by atoms with E-state index in [1.165, 1.54) is 24.3 Å². The molecule has 2 aromatic carbocycles. The van der Waals surface area contributed by atoms with E-state index in [1.807, 2.05) is 0 Å². The van der Waals surface area contributed by atoms with E-state index in [2.05, 4.69) is 4.74 Å². The Morgan fingerprint density at radius 1 is 1.19 bits per heavy atom. The predicted octanol–water partition coefficient (Wildman–Crippen LogP) is 4.79. The van der Waals surface area contributed by atoms with Gasteiger partial charge in [-0.25, -0.2) is 0 Å². The van der Waals surface area contributed by atoms with Crippen molar-refractivity contribution < 1.29 is 36.5 Å². The lowest BCUT2D eigenvalue weighted by atomic mass is 9.89. The fraction of sp³-hybridized carbons (Fsp3) is 0.409. The van der Waals surface area contributed by atoms with Gasteiger partial charge < -0.3 is 14.6 Å².